The van der Waals surface area contributed by atoms with Gasteiger partial charge in [-0.3, -0.25) is 4.90 Å². The second-order valence-electron chi connectivity index (χ2n) is 5.64. The molecule has 108 valence electrons. The van der Waals surface area contributed by atoms with Gasteiger partial charge in [-0.15, -0.1) is 0 Å². The zero-order valence-corrected chi connectivity index (χ0v) is 12.6. The lowest BCUT2D eigenvalue weighted by molar-refractivity contribution is 0.0197. The second kappa shape index (κ2) is 8.13. The van der Waals surface area contributed by atoms with E-state index in [1.807, 2.05) is 0 Å². The molecule has 1 aliphatic heterocycles. The lowest BCUT2D eigenvalue weighted by atomic mass is 9.88. The smallest absolute Gasteiger partial charge is 0.0469 e. The Morgan fingerprint density at radius 2 is 1.78 bits per heavy atom. The second-order valence-corrected chi connectivity index (χ2v) is 5.64. The third-order valence-electron chi connectivity index (χ3n) is 4.68. The molecule has 3 nitrogen and oxygen atoms in total. The predicted molar refractivity (Wildman–Crippen MR) is 77.8 cm³/mol. The highest BCUT2D eigenvalue weighted by molar-refractivity contribution is 4.90. The third-order valence-corrected chi connectivity index (χ3v) is 4.68. The predicted octanol–water partition coefficient (Wildman–Crippen LogP) is 2.64. The van der Waals surface area contributed by atoms with Crippen molar-refractivity contribution in [3.63, 3.8) is 0 Å². The Hall–Kier alpha value is -0.120. The Kier molecular flexibility index (Phi) is 7.20. The number of hydrogen-bond acceptors (Lipinski definition) is 3. The van der Waals surface area contributed by atoms with Gasteiger partial charge in [0.15, 0.2) is 0 Å². The van der Waals surface area contributed by atoms with E-state index in [2.05, 4.69) is 25.7 Å². The highest BCUT2D eigenvalue weighted by Crippen LogP contribution is 2.27. The largest absolute Gasteiger partial charge is 0.381 e. The average molecular weight is 256 g/mol. The molecule has 0 amide bonds. The summed E-state index contributed by atoms with van der Waals surface area (Å²) in [5.74, 6) is 0.800. The number of hydrogen-bond donors (Lipinski definition) is 1. The maximum absolute atomic E-state index is 6.10. The van der Waals surface area contributed by atoms with Gasteiger partial charge in [-0.2, -0.15) is 0 Å². The fourth-order valence-corrected chi connectivity index (χ4v) is 3.15. The molecule has 0 saturated carbocycles. The molecular weight excluding hydrogens is 224 g/mol. The van der Waals surface area contributed by atoms with Crippen molar-refractivity contribution in [3.05, 3.63) is 0 Å². The van der Waals surface area contributed by atoms with E-state index >= 15 is 0 Å². The van der Waals surface area contributed by atoms with E-state index < -0.39 is 0 Å². The van der Waals surface area contributed by atoms with E-state index in [0.29, 0.717) is 0 Å². The van der Waals surface area contributed by atoms with Crippen molar-refractivity contribution in [2.75, 3.05) is 32.8 Å². The summed E-state index contributed by atoms with van der Waals surface area (Å²) < 4.78 is 5.46. The Bertz CT molecular complexity index is 202. The van der Waals surface area contributed by atoms with Crippen molar-refractivity contribution in [2.45, 2.75) is 58.4 Å². The van der Waals surface area contributed by atoms with Crippen molar-refractivity contribution in [2.24, 2.45) is 11.7 Å². The summed E-state index contributed by atoms with van der Waals surface area (Å²) in [5.41, 5.74) is 6.32. The van der Waals surface area contributed by atoms with Gasteiger partial charge in [0.2, 0.25) is 0 Å². The van der Waals surface area contributed by atoms with Crippen molar-refractivity contribution >= 4 is 0 Å². The molecule has 1 rings (SSSR count). The van der Waals surface area contributed by atoms with Gasteiger partial charge >= 0.3 is 0 Å². The maximum atomic E-state index is 6.10. The molecule has 2 N–H and O–H groups in total. The van der Waals surface area contributed by atoms with E-state index in [9.17, 15) is 0 Å². The lowest BCUT2D eigenvalue weighted by Crippen LogP contribution is -2.55. The Labute approximate surface area is 113 Å². The third kappa shape index (κ3) is 3.94. The van der Waals surface area contributed by atoms with Gasteiger partial charge in [-0.25, -0.2) is 0 Å². The van der Waals surface area contributed by atoms with Gasteiger partial charge in [0.05, 0.1) is 0 Å². The number of ether oxygens (including phenoxy) is 1. The average Bonchev–Trinajstić information content (AvgIpc) is 2.43. The summed E-state index contributed by atoms with van der Waals surface area (Å²) >= 11 is 0. The van der Waals surface area contributed by atoms with E-state index in [-0.39, 0.29) is 5.54 Å². The summed E-state index contributed by atoms with van der Waals surface area (Å²) in [4.78, 5) is 2.67. The van der Waals surface area contributed by atoms with Gasteiger partial charge < -0.3 is 10.5 Å². The SMILES string of the molecule is CCCN(CC1CCOCC1)C(CC)(CC)CN. The van der Waals surface area contributed by atoms with Crippen molar-refractivity contribution in [3.8, 4) is 0 Å². The molecule has 0 radical (unpaired) electrons. The molecule has 1 heterocycles. The number of nitrogens with zero attached hydrogens (tertiary/aromatic N) is 1. The van der Waals surface area contributed by atoms with E-state index in [1.54, 1.807) is 0 Å². The minimum atomic E-state index is 0.217. The van der Waals surface area contributed by atoms with Crippen LogP contribution in [0.5, 0.6) is 0 Å². The topological polar surface area (TPSA) is 38.5 Å². The molecule has 1 aliphatic rings. The summed E-state index contributed by atoms with van der Waals surface area (Å²) in [7, 11) is 0. The normalized spacial score (nSPS) is 18.5. The van der Waals surface area contributed by atoms with Crippen LogP contribution in [0.2, 0.25) is 0 Å². The van der Waals surface area contributed by atoms with Gasteiger partial charge in [0.25, 0.3) is 0 Å². The molecule has 0 bridgehead atoms. The quantitative estimate of drug-likeness (QED) is 0.725. The van der Waals surface area contributed by atoms with Crippen LogP contribution in [-0.4, -0.2) is 43.3 Å². The van der Waals surface area contributed by atoms with Gasteiger partial charge in [0, 0.05) is 31.8 Å². The highest BCUT2D eigenvalue weighted by atomic mass is 16.5. The maximum Gasteiger partial charge on any atom is 0.0469 e. The van der Waals surface area contributed by atoms with Crippen LogP contribution in [0.15, 0.2) is 0 Å². The molecule has 0 atom stereocenters. The van der Waals surface area contributed by atoms with Crippen LogP contribution >= 0.6 is 0 Å². The van der Waals surface area contributed by atoms with E-state index in [1.165, 1.54) is 32.4 Å². The molecule has 1 fully saturated rings. The Morgan fingerprint density at radius 1 is 1.17 bits per heavy atom. The molecule has 3 heteroatoms. The fraction of sp³-hybridized carbons (Fsp3) is 1.00. The molecule has 0 aliphatic carbocycles. The lowest BCUT2D eigenvalue weighted by Gasteiger charge is -2.44. The molecule has 0 spiro atoms. The zero-order chi connectivity index (χ0) is 13.4. The summed E-state index contributed by atoms with van der Waals surface area (Å²) in [5, 5.41) is 0. The van der Waals surface area contributed by atoms with Crippen molar-refractivity contribution in [1.82, 2.24) is 4.90 Å². The first-order valence-electron chi connectivity index (χ1n) is 7.75. The van der Waals surface area contributed by atoms with Crippen LogP contribution < -0.4 is 5.73 Å². The minimum absolute atomic E-state index is 0.217. The Morgan fingerprint density at radius 3 is 2.22 bits per heavy atom. The molecular formula is C15H32N2O. The van der Waals surface area contributed by atoms with Crippen LogP contribution in [0.1, 0.15) is 52.9 Å². The zero-order valence-electron chi connectivity index (χ0n) is 12.6. The molecule has 18 heavy (non-hydrogen) atoms. The monoisotopic (exact) mass is 256 g/mol. The van der Waals surface area contributed by atoms with Gasteiger partial charge in [-0.05, 0) is 44.6 Å². The molecule has 0 aromatic rings. The van der Waals surface area contributed by atoms with Gasteiger partial charge in [-0.1, -0.05) is 20.8 Å². The van der Waals surface area contributed by atoms with Crippen LogP contribution in [0.25, 0.3) is 0 Å². The number of rotatable bonds is 8. The van der Waals surface area contributed by atoms with Crippen LogP contribution in [0, 0.1) is 5.92 Å². The van der Waals surface area contributed by atoms with Crippen molar-refractivity contribution in [1.29, 1.82) is 0 Å². The minimum Gasteiger partial charge on any atom is -0.381 e. The first kappa shape index (κ1) is 15.9. The highest BCUT2D eigenvalue weighted by Gasteiger charge is 2.33. The summed E-state index contributed by atoms with van der Waals surface area (Å²) in [6.45, 7) is 11.9. The van der Waals surface area contributed by atoms with Crippen LogP contribution in [-0.2, 0) is 4.74 Å². The molecule has 0 aromatic carbocycles. The van der Waals surface area contributed by atoms with Crippen LogP contribution in [0.3, 0.4) is 0 Å². The standard InChI is InChI=1S/C15H32N2O/c1-4-9-17(15(5-2,6-3)13-16)12-14-7-10-18-11-8-14/h14H,4-13,16H2,1-3H3. The summed E-state index contributed by atoms with van der Waals surface area (Å²) in [6, 6.07) is 0. The molecule has 0 aromatic heterocycles. The van der Waals surface area contributed by atoms with E-state index in [4.69, 9.17) is 10.5 Å². The van der Waals surface area contributed by atoms with Crippen molar-refractivity contribution < 1.29 is 4.74 Å². The molecule has 0 unspecified atom stereocenters. The number of nitrogens with two attached hydrogens (primary N) is 1. The molecule has 1 saturated heterocycles. The van der Waals surface area contributed by atoms with E-state index in [0.717, 1.165) is 38.5 Å². The Balaban J connectivity index is 2.66. The van der Waals surface area contributed by atoms with Gasteiger partial charge in [0.1, 0.15) is 0 Å². The fourth-order valence-electron chi connectivity index (χ4n) is 3.15. The first-order chi connectivity index (χ1) is 8.72. The van der Waals surface area contributed by atoms with Crippen LogP contribution in [0.4, 0.5) is 0 Å². The first-order valence-corrected chi connectivity index (χ1v) is 7.75. The summed E-state index contributed by atoms with van der Waals surface area (Å²) in [6.07, 6.45) is 5.96.